The van der Waals surface area contributed by atoms with Gasteiger partial charge in [-0.1, -0.05) is 0 Å². The quantitative estimate of drug-likeness (QED) is 0.693. The molecular weight excluding hydrogens is 208 g/mol. The molecule has 0 aromatic carbocycles. The second-order valence-electron chi connectivity index (χ2n) is 3.88. The summed E-state index contributed by atoms with van der Waals surface area (Å²) in [5, 5.41) is 8.97. The van der Waals surface area contributed by atoms with E-state index in [2.05, 4.69) is 0 Å². The molecule has 2 atom stereocenters. The Balaban J connectivity index is 2.15. The molecular formula is C11H15N2O3+. The van der Waals surface area contributed by atoms with E-state index in [0.717, 1.165) is 12.8 Å². The number of nitrogens with zero attached hydrogens (tertiary/aromatic N) is 1. The van der Waals surface area contributed by atoms with Gasteiger partial charge in [0.25, 0.3) is 12.1 Å². The number of amides is 1. The van der Waals surface area contributed by atoms with E-state index < -0.39 is 5.91 Å². The van der Waals surface area contributed by atoms with Crippen LogP contribution in [0.25, 0.3) is 0 Å². The monoisotopic (exact) mass is 223 g/mol. The minimum absolute atomic E-state index is 0.0343. The highest BCUT2D eigenvalue weighted by atomic mass is 16.5. The van der Waals surface area contributed by atoms with E-state index in [1.165, 1.54) is 0 Å². The molecule has 86 valence electrons. The average molecular weight is 223 g/mol. The van der Waals surface area contributed by atoms with Gasteiger partial charge < -0.3 is 15.6 Å². The first kappa shape index (κ1) is 11.0. The number of carbonyl (C=O) groups excluding carboxylic acids is 1. The van der Waals surface area contributed by atoms with Gasteiger partial charge in [0.15, 0.2) is 12.4 Å². The summed E-state index contributed by atoms with van der Waals surface area (Å²) < 4.78 is 7.41. The summed E-state index contributed by atoms with van der Waals surface area (Å²) in [5.41, 5.74) is 5.66. The van der Waals surface area contributed by atoms with Crippen LogP contribution in [0.1, 0.15) is 29.4 Å². The number of aromatic nitrogens is 1. The van der Waals surface area contributed by atoms with Gasteiger partial charge in [0.05, 0.1) is 12.7 Å². The topological polar surface area (TPSA) is 76.4 Å². The molecule has 2 heterocycles. The van der Waals surface area contributed by atoms with Crippen LogP contribution in [0.15, 0.2) is 24.5 Å². The molecule has 1 unspecified atom stereocenters. The van der Waals surface area contributed by atoms with Gasteiger partial charge in [0.1, 0.15) is 5.56 Å². The fourth-order valence-corrected chi connectivity index (χ4v) is 1.86. The van der Waals surface area contributed by atoms with Crippen molar-refractivity contribution in [3.8, 4) is 0 Å². The lowest BCUT2D eigenvalue weighted by molar-refractivity contribution is -0.759. The van der Waals surface area contributed by atoms with Gasteiger partial charge in [0, 0.05) is 12.5 Å². The normalized spacial score (nSPS) is 24.6. The maximum Gasteiger partial charge on any atom is 0.262 e. The SMILES string of the molecule is NC(=O)c1ccc[n+](C2CC[C@@H](CO)O2)c1. The Kier molecular flexibility index (Phi) is 3.17. The minimum atomic E-state index is -0.453. The molecule has 1 aromatic heterocycles. The molecule has 1 fully saturated rings. The lowest BCUT2D eigenvalue weighted by Gasteiger charge is -2.07. The summed E-state index contributed by atoms with van der Waals surface area (Å²) in [7, 11) is 0. The molecule has 5 heteroatoms. The molecule has 0 bridgehead atoms. The molecule has 16 heavy (non-hydrogen) atoms. The van der Waals surface area contributed by atoms with E-state index in [1.807, 2.05) is 10.8 Å². The van der Waals surface area contributed by atoms with Crippen LogP contribution in [0.4, 0.5) is 0 Å². The van der Waals surface area contributed by atoms with Crippen LogP contribution in [0.2, 0.25) is 0 Å². The highest BCUT2D eigenvalue weighted by Crippen LogP contribution is 2.23. The summed E-state index contributed by atoms with van der Waals surface area (Å²) in [6.07, 6.45) is 4.95. The Bertz CT molecular complexity index is 395. The highest BCUT2D eigenvalue weighted by Gasteiger charge is 2.31. The van der Waals surface area contributed by atoms with Gasteiger partial charge in [-0.15, -0.1) is 0 Å². The number of pyridine rings is 1. The van der Waals surface area contributed by atoms with Crippen LogP contribution in [0.5, 0.6) is 0 Å². The summed E-state index contributed by atoms with van der Waals surface area (Å²) in [6, 6.07) is 3.42. The third-order valence-electron chi connectivity index (χ3n) is 2.73. The van der Waals surface area contributed by atoms with Crippen molar-refractivity contribution in [2.75, 3.05) is 6.61 Å². The van der Waals surface area contributed by atoms with Crippen LogP contribution in [0.3, 0.4) is 0 Å². The number of aliphatic hydroxyl groups excluding tert-OH is 1. The van der Waals surface area contributed by atoms with E-state index in [-0.39, 0.29) is 18.9 Å². The maximum absolute atomic E-state index is 11.0. The number of carbonyl (C=O) groups is 1. The predicted molar refractivity (Wildman–Crippen MR) is 55.4 cm³/mol. The molecule has 1 amide bonds. The van der Waals surface area contributed by atoms with E-state index in [0.29, 0.717) is 5.56 Å². The molecule has 0 aliphatic carbocycles. The molecule has 1 aliphatic rings. The second kappa shape index (κ2) is 4.59. The number of ether oxygens (including phenoxy) is 1. The highest BCUT2D eigenvalue weighted by molar-refractivity contribution is 5.92. The van der Waals surface area contributed by atoms with Gasteiger partial charge >= 0.3 is 0 Å². The smallest absolute Gasteiger partial charge is 0.262 e. The first-order valence-corrected chi connectivity index (χ1v) is 5.27. The largest absolute Gasteiger partial charge is 0.394 e. The summed E-state index contributed by atoms with van der Waals surface area (Å²) >= 11 is 0. The fraction of sp³-hybridized carbons (Fsp3) is 0.455. The first-order chi connectivity index (χ1) is 7.70. The Morgan fingerprint density at radius 2 is 2.44 bits per heavy atom. The van der Waals surface area contributed by atoms with Crippen LogP contribution in [-0.4, -0.2) is 23.7 Å². The maximum atomic E-state index is 11.0. The fourth-order valence-electron chi connectivity index (χ4n) is 1.86. The standard InChI is InChI=1S/C11H14N2O3/c12-11(15)8-2-1-5-13(6-8)10-4-3-9(7-14)16-10/h1-2,5-6,9-10,14H,3-4,7H2,(H-,12,15)/p+1/t9-,10?/m0/s1. The Morgan fingerprint density at radius 3 is 3.06 bits per heavy atom. The van der Waals surface area contributed by atoms with E-state index in [9.17, 15) is 4.79 Å². The van der Waals surface area contributed by atoms with Crippen molar-refractivity contribution in [2.45, 2.75) is 25.2 Å². The predicted octanol–water partition coefficient (Wildman–Crippen LogP) is -0.257. The molecule has 3 N–H and O–H groups in total. The summed E-state index contributed by atoms with van der Waals surface area (Å²) in [6.45, 7) is 0.0343. The van der Waals surface area contributed by atoms with E-state index in [4.69, 9.17) is 15.6 Å². The van der Waals surface area contributed by atoms with Crippen molar-refractivity contribution >= 4 is 5.91 Å². The van der Waals surface area contributed by atoms with Crippen molar-refractivity contribution in [3.05, 3.63) is 30.1 Å². The van der Waals surface area contributed by atoms with Crippen LogP contribution >= 0.6 is 0 Å². The van der Waals surface area contributed by atoms with Crippen LogP contribution in [-0.2, 0) is 4.74 Å². The zero-order valence-corrected chi connectivity index (χ0v) is 8.87. The van der Waals surface area contributed by atoms with Gasteiger partial charge in [-0.2, -0.15) is 4.57 Å². The third kappa shape index (κ3) is 2.20. The average Bonchev–Trinajstić information content (AvgIpc) is 2.77. The van der Waals surface area contributed by atoms with Crippen molar-refractivity contribution in [1.82, 2.24) is 0 Å². The number of aliphatic hydroxyl groups is 1. The third-order valence-corrected chi connectivity index (χ3v) is 2.73. The molecule has 0 spiro atoms. The van der Waals surface area contributed by atoms with Gasteiger partial charge in [0.2, 0.25) is 0 Å². The van der Waals surface area contributed by atoms with Crippen LogP contribution in [0, 0.1) is 0 Å². The van der Waals surface area contributed by atoms with E-state index in [1.54, 1.807) is 18.3 Å². The van der Waals surface area contributed by atoms with Crippen LogP contribution < -0.4 is 10.3 Å². The number of nitrogens with two attached hydrogens (primary N) is 1. The van der Waals surface area contributed by atoms with Gasteiger partial charge in [-0.25, -0.2) is 0 Å². The molecule has 1 saturated heterocycles. The van der Waals surface area contributed by atoms with Gasteiger partial charge in [-0.05, 0) is 12.5 Å². The van der Waals surface area contributed by atoms with Crippen molar-refractivity contribution < 1.29 is 19.2 Å². The van der Waals surface area contributed by atoms with E-state index >= 15 is 0 Å². The molecule has 2 rings (SSSR count). The summed E-state index contributed by atoms with van der Waals surface area (Å²) in [5.74, 6) is -0.453. The summed E-state index contributed by atoms with van der Waals surface area (Å²) in [4.78, 5) is 11.0. The zero-order chi connectivity index (χ0) is 11.5. The molecule has 0 saturated carbocycles. The minimum Gasteiger partial charge on any atom is -0.394 e. The van der Waals surface area contributed by atoms with Crippen molar-refractivity contribution in [2.24, 2.45) is 5.73 Å². The lowest BCUT2D eigenvalue weighted by Crippen LogP contribution is -2.40. The number of hydrogen-bond acceptors (Lipinski definition) is 3. The van der Waals surface area contributed by atoms with Crippen molar-refractivity contribution in [3.63, 3.8) is 0 Å². The Labute approximate surface area is 93.5 Å². The lowest BCUT2D eigenvalue weighted by atomic mass is 10.2. The number of hydrogen-bond donors (Lipinski definition) is 2. The second-order valence-corrected chi connectivity index (χ2v) is 3.88. The molecule has 1 aliphatic heterocycles. The van der Waals surface area contributed by atoms with Gasteiger partial charge in [-0.3, -0.25) is 4.79 Å². The first-order valence-electron chi connectivity index (χ1n) is 5.27. The number of rotatable bonds is 3. The zero-order valence-electron chi connectivity index (χ0n) is 8.87. The Morgan fingerprint density at radius 1 is 1.62 bits per heavy atom. The Hall–Kier alpha value is -1.46. The number of primary amides is 1. The molecule has 1 aromatic rings. The molecule has 0 radical (unpaired) electrons. The van der Waals surface area contributed by atoms with Crippen molar-refractivity contribution in [1.29, 1.82) is 0 Å². The molecule has 5 nitrogen and oxygen atoms in total.